The lowest BCUT2D eigenvalue weighted by Crippen LogP contribution is -2.40. The van der Waals surface area contributed by atoms with Gasteiger partial charge in [-0.25, -0.2) is 4.39 Å². The first-order chi connectivity index (χ1) is 13.5. The van der Waals surface area contributed by atoms with Crippen molar-refractivity contribution in [3.63, 3.8) is 0 Å². The van der Waals surface area contributed by atoms with Gasteiger partial charge in [0.1, 0.15) is 11.6 Å². The molecule has 1 aliphatic rings. The van der Waals surface area contributed by atoms with Crippen molar-refractivity contribution in [1.82, 2.24) is 10.2 Å². The van der Waals surface area contributed by atoms with Crippen LogP contribution in [0.4, 0.5) is 4.39 Å². The summed E-state index contributed by atoms with van der Waals surface area (Å²) in [4.78, 5) is 15.0. The van der Waals surface area contributed by atoms with Gasteiger partial charge in [-0.2, -0.15) is 0 Å². The van der Waals surface area contributed by atoms with E-state index in [1.807, 2.05) is 12.1 Å². The van der Waals surface area contributed by atoms with Crippen molar-refractivity contribution in [2.45, 2.75) is 38.8 Å². The van der Waals surface area contributed by atoms with E-state index in [4.69, 9.17) is 4.74 Å². The molecule has 150 valence electrons. The van der Waals surface area contributed by atoms with Crippen molar-refractivity contribution in [3.05, 3.63) is 65.5 Å². The third-order valence-electron chi connectivity index (χ3n) is 5.40. The highest BCUT2D eigenvalue weighted by atomic mass is 19.1. The van der Waals surface area contributed by atoms with Crippen LogP contribution in [-0.2, 0) is 4.79 Å². The molecule has 0 saturated carbocycles. The van der Waals surface area contributed by atoms with Crippen LogP contribution in [0, 0.1) is 11.7 Å². The highest BCUT2D eigenvalue weighted by molar-refractivity contribution is 5.78. The Hall–Kier alpha value is -2.40. The molecular formula is C23H29FN2O2. The first-order valence-electron chi connectivity index (χ1n) is 9.90. The summed E-state index contributed by atoms with van der Waals surface area (Å²) < 4.78 is 18.6. The molecule has 0 radical (unpaired) electrons. The van der Waals surface area contributed by atoms with Crippen molar-refractivity contribution >= 4 is 5.91 Å². The van der Waals surface area contributed by atoms with Crippen LogP contribution in [0.2, 0.25) is 0 Å². The molecule has 0 bridgehead atoms. The molecule has 4 nitrogen and oxygen atoms in total. The molecule has 2 unspecified atom stereocenters. The van der Waals surface area contributed by atoms with Gasteiger partial charge in [0.25, 0.3) is 0 Å². The Morgan fingerprint density at radius 1 is 1.25 bits per heavy atom. The van der Waals surface area contributed by atoms with Gasteiger partial charge in [-0.15, -0.1) is 0 Å². The minimum atomic E-state index is -0.268. The van der Waals surface area contributed by atoms with Gasteiger partial charge in [0.2, 0.25) is 5.91 Å². The molecule has 1 N–H and O–H groups in total. The normalized spacial score (nSPS) is 18.2. The van der Waals surface area contributed by atoms with E-state index in [1.165, 1.54) is 17.7 Å². The SMILES string of the molecule is COc1cccc(C2CCCN2CC(=O)NC(c2ccc(F)cc2)C(C)C)c1. The molecule has 2 aromatic carbocycles. The quantitative estimate of drug-likeness (QED) is 0.765. The average molecular weight is 384 g/mol. The maximum atomic E-state index is 13.2. The standard InChI is InChI=1S/C23H29FN2O2/c1-16(2)23(17-9-11-19(24)12-10-17)25-22(27)15-26-13-5-8-21(26)18-6-4-7-20(14-18)28-3/h4,6-7,9-12,14,16,21,23H,5,8,13,15H2,1-3H3,(H,25,27). The van der Waals surface area contributed by atoms with Crippen LogP contribution in [0.1, 0.15) is 49.9 Å². The maximum absolute atomic E-state index is 13.2. The van der Waals surface area contributed by atoms with Gasteiger partial charge in [0, 0.05) is 6.04 Å². The molecule has 1 amide bonds. The Balaban J connectivity index is 1.67. The molecule has 3 rings (SSSR count). The number of ether oxygens (including phenoxy) is 1. The summed E-state index contributed by atoms with van der Waals surface area (Å²) in [6.45, 7) is 5.37. The van der Waals surface area contributed by atoms with Crippen LogP contribution in [0.25, 0.3) is 0 Å². The smallest absolute Gasteiger partial charge is 0.234 e. The van der Waals surface area contributed by atoms with E-state index in [2.05, 4.69) is 36.2 Å². The molecule has 0 aromatic heterocycles. The summed E-state index contributed by atoms with van der Waals surface area (Å²) in [7, 11) is 1.67. The summed E-state index contributed by atoms with van der Waals surface area (Å²) in [5, 5.41) is 3.15. The van der Waals surface area contributed by atoms with Crippen molar-refractivity contribution in [3.8, 4) is 5.75 Å². The third-order valence-corrected chi connectivity index (χ3v) is 5.40. The van der Waals surface area contributed by atoms with Crippen molar-refractivity contribution in [2.24, 2.45) is 5.92 Å². The van der Waals surface area contributed by atoms with Crippen LogP contribution < -0.4 is 10.1 Å². The van der Waals surface area contributed by atoms with E-state index < -0.39 is 0 Å². The molecule has 1 aliphatic heterocycles. The van der Waals surface area contributed by atoms with Crippen LogP contribution in [-0.4, -0.2) is 31.0 Å². The lowest BCUT2D eigenvalue weighted by Gasteiger charge is -2.27. The van der Waals surface area contributed by atoms with Crippen molar-refractivity contribution in [2.75, 3.05) is 20.2 Å². The van der Waals surface area contributed by atoms with Gasteiger partial charge in [0.05, 0.1) is 19.7 Å². The van der Waals surface area contributed by atoms with E-state index in [0.717, 1.165) is 30.7 Å². The largest absolute Gasteiger partial charge is 0.497 e. The Morgan fingerprint density at radius 2 is 2.00 bits per heavy atom. The zero-order chi connectivity index (χ0) is 20.1. The third kappa shape index (κ3) is 4.90. The van der Waals surface area contributed by atoms with Crippen LogP contribution in [0.5, 0.6) is 5.75 Å². The van der Waals surface area contributed by atoms with Gasteiger partial charge >= 0.3 is 0 Å². The van der Waals surface area contributed by atoms with Gasteiger partial charge in [-0.1, -0.05) is 38.1 Å². The fraction of sp³-hybridized carbons (Fsp3) is 0.435. The predicted molar refractivity (Wildman–Crippen MR) is 109 cm³/mol. The molecule has 0 spiro atoms. The maximum Gasteiger partial charge on any atom is 0.234 e. The second-order valence-electron chi connectivity index (χ2n) is 7.75. The molecule has 28 heavy (non-hydrogen) atoms. The number of likely N-dealkylation sites (tertiary alicyclic amines) is 1. The summed E-state index contributed by atoms with van der Waals surface area (Å²) in [5.74, 6) is 0.778. The molecule has 5 heteroatoms. The number of carbonyl (C=O) groups excluding carboxylic acids is 1. The zero-order valence-corrected chi connectivity index (χ0v) is 16.8. The minimum Gasteiger partial charge on any atom is -0.497 e. The fourth-order valence-electron chi connectivity index (χ4n) is 3.95. The van der Waals surface area contributed by atoms with Gasteiger partial charge in [0.15, 0.2) is 0 Å². The lowest BCUT2D eigenvalue weighted by atomic mass is 9.96. The molecule has 0 aliphatic carbocycles. The topological polar surface area (TPSA) is 41.6 Å². The monoisotopic (exact) mass is 384 g/mol. The summed E-state index contributed by atoms with van der Waals surface area (Å²) in [5.41, 5.74) is 2.11. The number of amides is 1. The highest BCUT2D eigenvalue weighted by Crippen LogP contribution is 2.33. The van der Waals surface area contributed by atoms with E-state index in [1.54, 1.807) is 19.2 Å². The Bertz CT molecular complexity index is 791. The number of halogens is 1. The van der Waals surface area contributed by atoms with E-state index in [-0.39, 0.29) is 29.7 Å². The van der Waals surface area contributed by atoms with Gasteiger partial charge < -0.3 is 10.1 Å². The van der Waals surface area contributed by atoms with E-state index in [0.29, 0.717) is 6.54 Å². The van der Waals surface area contributed by atoms with Crippen molar-refractivity contribution < 1.29 is 13.9 Å². The number of carbonyl (C=O) groups is 1. The van der Waals surface area contributed by atoms with Gasteiger partial charge in [-0.3, -0.25) is 9.69 Å². The molecule has 2 aromatic rings. The number of nitrogens with one attached hydrogen (secondary N) is 1. The predicted octanol–water partition coefficient (Wildman–Crippen LogP) is 4.48. The Labute approximate surface area is 166 Å². The number of hydrogen-bond donors (Lipinski definition) is 1. The molecule has 1 saturated heterocycles. The second-order valence-corrected chi connectivity index (χ2v) is 7.75. The van der Waals surface area contributed by atoms with Crippen molar-refractivity contribution in [1.29, 1.82) is 0 Å². The van der Waals surface area contributed by atoms with Crippen LogP contribution in [0.3, 0.4) is 0 Å². The number of hydrogen-bond acceptors (Lipinski definition) is 3. The number of rotatable bonds is 7. The number of benzene rings is 2. The zero-order valence-electron chi connectivity index (χ0n) is 16.8. The average Bonchev–Trinajstić information content (AvgIpc) is 3.15. The summed E-state index contributed by atoms with van der Waals surface area (Å²) >= 11 is 0. The minimum absolute atomic E-state index is 0.00202. The Kier molecular flexibility index (Phi) is 6.68. The van der Waals surface area contributed by atoms with E-state index in [9.17, 15) is 9.18 Å². The Morgan fingerprint density at radius 3 is 2.68 bits per heavy atom. The summed E-state index contributed by atoms with van der Waals surface area (Å²) in [6.07, 6.45) is 2.10. The number of nitrogens with zero attached hydrogens (tertiary/aromatic N) is 1. The first-order valence-corrected chi connectivity index (χ1v) is 9.90. The summed E-state index contributed by atoms with van der Waals surface area (Å²) in [6, 6.07) is 14.5. The molecular weight excluding hydrogens is 355 g/mol. The second kappa shape index (κ2) is 9.20. The molecule has 1 heterocycles. The van der Waals surface area contributed by atoms with Gasteiger partial charge in [-0.05, 0) is 60.7 Å². The highest BCUT2D eigenvalue weighted by Gasteiger charge is 2.29. The molecule has 1 fully saturated rings. The molecule has 2 atom stereocenters. The lowest BCUT2D eigenvalue weighted by molar-refractivity contribution is -0.123. The fourth-order valence-corrected chi connectivity index (χ4v) is 3.95. The van der Waals surface area contributed by atoms with Crippen LogP contribution in [0.15, 0.2) is 48.5 Å². The van der Waals surface area contributed by atoms with E-state index >= 15 is 0 Å². The van der Waals surface area contributed by atoms with Crippen LogP contribution >= 0.6 is 0 Å². The number of methoxy groups -OCH3 is 1. The first kappa shape index (κ1) is 20.3.